The minimum atomic E-state index is -0.871. The third-order valence-corrected chi connectivity index (χ3v) is 4.17. The van der Waals surface area contributed by atoms with E-state index in [1.165, 1.54) is 29.3 Å². The smallest absolute Gasteiger partial charge is 0.263 e. The fraction of sp³-hybridized carbons (Fsp3) is 0.176. The average molecular weight is 324 g/mol. The molecule has 7 heteroatoms. The van der Waals surface area contributed by atoms with Crippen molar-refractivity contribution in [3.8, 4) is 0 Å². The molecule has 0 N–H and O–H groups in total. The van der Waals surface area contributed by atoms with Gasteiger partial charge in [0.25, 0.3) is 11.8 Å². The summed E-state index contributed by atoms with van der Waals surface area (Å²) >= 11 is 0. The minimum Gasteiger partial charge on any atom is -0.271 e. The van der Waals surface area contributed by atoms with Gasteiger partial charge in [-0.05, 0) is 43.3 Å². The van der Waals surface area contributed by atoms with Crippen LogP contribution in [0.2, 0.25) is 0 Å². The van der Waals surface area contributed by atoms with E-state index >= 15 is 0 Å². The molecule has 2 aromatic rings. The number of halogens is 1. The van der Waals surface area contributed by atoms with E-state index in [0.717, 1.165) is 10.5 Å². The molecule has 2 unspecified atom stereocenters. The molecule has 1 fully saturated rings. The van der Waals surface area contributed by atoms with Crippen LogP contribution in [0.5, 0.6) is 0 Å². The van der Waals surface area contributed by atoms with Crippen LogP contribution in [0.1, 0.15) is 5.56 Å². The molecular weight excluding hydrogens is 311 g/mol. The summed E-state index contributed by atoms with van der Waals surface area (Å²) in [5.41, 5.74) is 2.06. The van der Waals surface area contributed by atoms with Crippen molar-refractivity contribution in [3.63, 3.8) is 0 Å². The number of nitrogens with zero attached hydrogens (tertiary/aromatic N) is 4. The van der Waals surface area contributed by atoms with Crippen molar-refractivity contribution in [2.45, 2.75) is 19.0 Å². The summed E-state index contributed by atoms with van der Waals surface area (Å²) in [4.78, 5) is 26.5. The predicted octanol–water partition coefficient (Wildman–Crippen LogP) is 2.63. The summed E-state index contributed by atoms with van der Waals surface area (Å²) in [7, 11) is 0. The molecule has 0 spiro atoms. The van der Waals surface area contributed by atoms with Crippen LogP contribution >= 0.6 is 0 Å². The number of benzene rings is 2. The first kappa shape index (κ1) is 14.5. The topological polar surface area (TPSA) is 65.3 Å². The molecule has 2 aromatic carbocycles. The molecule has 2 aliphatic heterocycles. The van der Waals surface area contributed by atoms with E-state index in [9.17, 15) is 14.0 Å². The first-order valence-corrected chi connectivity index (χ1v) is 7.46. The normalized spacial score (nSPS) is 22.4. The number of anilines is 2. The predicted molar refractivity (Wildman–Crippen MR) is 85.0 cm³/mol. The number of imide groups is 1. The Labute approximate surface area is 137 Å². The van der Waals surface area contributed by atoms with Gasteiger partial charge in [-0.25, -0.2) is 14.3 Å². The highest BCUT2D eigenvalue weighted by atomic mass is 19.1. The molecule has 2 aliphatic rings. The van der Waals surface area contributed by atoms with E-state index in [1.54, 1.807) is 12.1 Å². The molecule has 0 aliphatic carbocycles. The Morgan fingerprint density at radius 3 is 2.21 bits per heavy atom. The molecule has 24 heavy (non-hydrogen) atoms. The van der Waals surface area contributed by atoms with E-state index in [0.29, 0.717) is 11.4 Å². The van der Waals surface area contributed by atoms with Crippen LogP contribution in [0, 0.1) is 12.7 Å². The molecule has 0 radical (unpaired) electrons. The van der Waals surface area contributed by atoms with Gasteiger partial charge in [-0.15, -0.1) is 0 Å². The number of carbonyl (C=O) groups excluding carboxylic acids is 2. The van der Waals surface area contributed by atoms with Crippen molar-refractivity contribution in [2.24, 2.45) is 10.3 Å². The first-order chi connectivity index (χ1) is 11.6. The van der Waals surface area contributed by atoms with E-state index in [-0.39, 0.29) is 11.7 Å². The number of aryl methyl sites for hydroxylation is 1. The summed E-state index contributed by atoms with van der Waals surface area (Å²) < 4.78 is 13.1. The standard InChI is InChI=1S/C17H13FN4O2/c1-10-2-6-12(7-3-10)21-16(23)14-15(17(21)24)22(20-19-14)13-8-4-11(18)5-9-13/h2-9,14-15H,1H3. The molecule has 6 nitrogen and oxygen atoms in total. The molecule has 2 atom stereocenters. The van der Waals surface area contributed by atoms with Gasteiger partial charge in [-0.2, -0.15) is 5.11 Å². The lowest BCUT2D eigenvalue weighted by molar-refractivity contribution is -0.121. The first-order valence-electron chi connectivity index (χ1n) is 7.46. The van der Waals surface area contributed by atoms with Crippen molar-refractivity contribution >= 4 is 23.2 Å². The Hall–Kier alpha value is -3.09. The second-order valence-corrected chi connectivity index (χ2v) is 5.76. The van der Waals surface area contributed by atoms with Crippen LogP contribution < -0.4 is 9.91 Å². The van der Waals surface area contributed by atoms with E-state index in [4.69, 9.17) is 0 Å². The Balaban J connectivity index is 1.69. The Kier molecular flexibility index (Phi) is 3.16. The van der Waals surface area contributed by atoms with Crippen LogP contribution in [0.15, 0.2) is 58.9 Å². The van der Waals surface area contributed by atoms with Gasteiger partial charge >= 0.3 is 0 Å². The highest BCUT2D eigenvalue weighted by molar-refractivity contribution is 6.26. The van der Waals surface area contributed by atoms with Crippen LogP contribution in [0.4, 0.5) is 15.8 Å². The molecule has 0 aromatic heterocycles. The van der Waals surface area contributed by atoms with E-state index in [2.05, 4.69) is 10.3 Å². The minimum absolute atomic E-state index is 0.386. The van der Waals surface area contributed by atoms with E-state index in [1.807, 2.05) is 19.1 Å². The lowest BCUT2D eigenvalue weighted by Crippen LogP contribution is -2.39. The maximum Gasteiger partial charge on any atom is 0.263 e. The van der Waals surface area contributed by atoms with Crippen molar-refractivity contribution in [3.05, 3.63) is 59.9 Å². The Morgan fingerprint density at radius 1 is 0.917 bits per heavy atom. The molecule has 0 bridgehead atoms. The Morgan fingerprint density at radius 2 is 1.54 bits per heavy atom. The number of rotatable bonds is 2. The Bertz CT molecular complexity index is 848. The number of carbonyl (C=O) groups is 2. The molecular formula is C17H13FN4O2. The third kappa shape index (κ3) is 2.09. The number of hydrogen-bond acceptors (Lipinski definition) is 5. The fourth-order valence-corrected chi connectivity index (χ4v) is 2.92. The van der Waals surface area contributed by atoms with Crippen molar-refractivity contribution in [1.82, 2.24) is 0 Å². The fourth-order valence-electron chi connectivity index (χ4n) is 2.92. The highest BCUT2D eigenvalue weighted by Crippen LogP contribution is 2.34. The lowest BCUT2D eigenvalue weighted by atomic mass is 10.1. The van der Waals surface area contributed by atoms with Gasteiger partial charge < -0.3 is 0 Å². The monoisotopic (exact) mass is 324 g/mol. The summed E-state index contributed by atoms with van der Waals surface area (Å²) in [6, 6.07) is 11.0. The van der Waals surface area contributed by atoms with Crippen molar-refractivity contribution < 1.29 is 14.0 Å². The zero-order valence-corrected chi connectivity index (χ0v) is 12.8. The zero-order chi connectivity index (χ0) is 16.8. The maximum atomic E-state index is 13.1. The van der Waals surface area contributed by atoms with Gasteiger partial charge in [-0.1, -0.05) is 22.9 Å². The van der Waals surface area contributed by atoms with Gasteiger partial charge in [0.2, 0.25) is 0 Å². The van der Waals surface area contributed by atoms with E-state index < -0.39 is 18.0 Å². The molecule has 1 saturated heterocycles. The van der Waals surface area contributed by atoms with Gasteiger partial charge in [-0.3, -0.25) is 9.59 Å². The molecule has 120 valence electrons. The zero-order valence-electron chi connectivity index (χ0n) is 12.8. The number of amides is 2. The third-order valence-electron chi connectivity index (χ3n) is 4.17. The van der Waals surface area contributed by atoms with Crippen LogP contribution in [0.25, 0.3) is 0 Å². The molecule has 2 heterocycles. The summed E-state index contributed by atoms with van der Waals surface area (Å²) in [5.74, 6) is -1.17. The molecule has 2 amide bonds. The van der Waals surface area contributed by atoms with Crippen LogP contribution in [0.3, 0.4) is 0 Å². The number of hydrogen-bond donors (Lipinski definition) is 0. The van der Waals surface area contributed by atoms with Crippen molar-refractivity contribution in [1.29, 1.82) is 0 Å². The summed E-state index contributed by atoms with van der Waals surface area (Å²) in [6.45, 7) is 1.93. The highest BCUT2D eigenvalue weighted by Gasteiger charge is 2.55. The van der Waals surface area contributed by atoms with Gasteiger partial charge in [0.15, 0.2) is 12.1 Å². The van der Waals surface area contributed by atoms with Gasteiger partial charge in [0.1, 0.15) is 5.82 Å². The summed E-state index contributed by atoms with van der Waals surface area (Å²) in [6.07, 6.45) is 0. The number of fused-ring (bicyclic) bond motifs is 1. The van der Waals surface area contributed by atoms with Crippen molar-refractivity contribution in [2.75, 3.05) is 9.91 Å². The summed E-state index contributed by atoms with van der Waals surface area (Å²) in [5, 5.41) is 9.25. The quantitative estimate of drug-likeness (QED) is 0.798. The second kappa shape index (κ2) is 5.23. The van der Waals surface area contributed by atoms with Gasteiger partial charge in [0, 0.05) is 0 Å². The SMILES string of the molecule is Cc1ccc(N2C(=O)C3N=NN(c4ccc(F)cc4)C3C2=O)cc1. The van der Waals surface area contributed by atoms with Crippen LogP contribution in [-0.4, -0.2) is 23.9 Å². The largest absolute Gasteiger partial charge is 0.271 e. The maximum absolute atomic E-state index is 13.1. The average Bonchev–Trinajstić information content (AvgIpc) is 3.11. The van der Waals surface area contributed by atoms with Gasteiger partial charge in [0.05, 0.1) is 11.4 Å². The second-order valence-electron chi connectivity index (χ2n) is 5.76. The van der Waals surface area contributed by atoms with Crippen LogP contribution in [-0.2, 0) is 9.59 Å². The molecule has 0 saturated carbocycles. The molecule has 4 rings (SSSR count). The lowest BCUT2D eigenvalue weighted by Gasteiger charge is -2.20.